The lowest BCUT2D eigenvalue weighted by Crippen LogP contribution is -2.31. The van der Waals surface area contributed by atoms with Crippen LogP contribution in [0.4, 0.5) is 4.79 Å². The molecule has 0 fully saturated rings. The molecular formula is C14H21N3O3. The quantitative estimate of drug-likeness (QED) is 0.733. The molecule has 1 aromatic rings. The molecule has 0 saturated carbocycles. The Bertz CT molecular complexity index is 463. The lowest BCUT2D eigenvalue weighted by Gasteiger charge is -2.17. The van der Waals surface area contributed by atoms with E-state index >= 15 is 0 Å². The highest BCUT2D eigenvalue weighted by molar-refractivity contribution is 5.76. The third kappa shape index (κ3) is 5.60. The molecule has 0 heterocycles. The van der Waals surface area contributed by atoms with Crippen LogP contribution in [0.25, 0.3) is 0 Å². The SMILES string of the molecule is COc1cccc(CN(C)C(=O)CCCNC(N)=O)c1. The van der Waals surface area contributed by atoms with E-state index in [2.05, 4.69) is 5.32 Å². The third-order valence-corrected chi connectivity index (χ3v) is 2.85. The first kappa shape index (κ1) is 15.8. The second-order valence-corrected chi connectivity index (χ2v) is 4.50. The van der Waals surface area contributed by atoms with Gasteiger partial charge in [-0.3, -0.25) is 4.79 Å². The number of nitrogens with two attached hydrogens (primary N) is 1. The van der Waals surface area contributed by atoms with Crippen molar-refractivity contribution in [3.8, 4) is 5.75 Å². The Morgan fingerprint density at radius 1 is 1.40 bits per heavy atom. The lowest BCUT2D eigenvalue weighted by molar-refractivity contribution is -0.130. The molecular weight excluding hydrogens is 258 g/mol. The first-order valence-electron chi connectivity index (χ1n) is 6.43. The Balaban J connectivity index is 2.38. The Morgan fingerprint density at radius 3 is 2.80 bits per heavy atom. The van der Waals surface area contributed by atoms with Gasteiger partial charge in [-0.1, -0.05) is 12.1 Å². The minimum atomic E-state index is -0.567. The maximum absolute atomic E-state index is 11.9. The van der Waals surface area contributed by atoms with Gasteiger partial charge in [0.25, 0.3) is 0 Å². The molecule has 3 amide bonds. The van der Waals surface area contributed by atoms with Gasteiger partial charge in [-0.25, -0.2) is 4.79 Å². The van der Waals surface area contributed by atoms with Gasteiger partial charge in [0.2, 0.25) is 5.91 Å². The zero-order valence-corrected chi connectivity index (χ0v) is 11.9. The first-order valence-corrected chi connectivity index (χ1v) is 6.43. The van der Waals surface area contributed by atoms with E-state index < -0.39 is 6.03 Å². The summed E-state index contributed by atoms with van der Waals surface area (Å²) in [5, 5.41) is 2.46. The van der Waals surface area contributed by atoms with Crippen LogP contribution >= 0.6 is 0 Å². The number of ether oxygens (including phenoxy) is 1. The summed E-state index contributed by atoms with van der Waals surface area (Å²) in [4.78, 5) is 24.0. The van der Waals surface area contributed by atoms with E-state index in [0.717, 1.165) is 11.3 Å². The molecule has 0 aliphatic heterocycles. The maximum Gasteiger partial charge on any atom is 0.312 e. The number of hydrogen-bond donors (Lipinski definition) is 2. The summed E-state index contributed by atoms with van der Waals surface area (Å²) in [6.07, 6.45) is 0.949. The summed E-state index contributed by atoms with van der Waals surface area (Å²) in [5.41, 5.74) is 5.95. The van der Waals surface area contributed by atoms with Crippen LogP contribution in [-0.4, -0.2) is 37.5 Å². The topological polar surface area (TPSA) is 84.7 Å². The van der Waals surface area contributed by atoms with Crippen molar-refractivity contribution in [2.24, 2.45) is 5.73 Å². The van der Waals surface area contributed by atoms with Crippen molar-refractivity contribution >= 4 is 11.9 Å². The second-order valence-electron chi connectivity index (χ2n) is 4.50. The molecule has 0 atom stereocenters. The van der Waals surface area contributed by atoms with Gasteiger partial charge in [0.1, 0.15) is 5.75 Å². The maximum atomic E-state index is 11.9. The standard InChI is InChI=1S/C14H21N3O3/c1-17(13(18)7-4-8-16-14(15)19)10-11-5-3-6-12(9-11)20-2/h3,5-6,9H,4,7-8,10H2,1-2H3,(H3,15,16,19). The molecule has 0 aromatic heterocycles. The Kier molecular flexibility index (Phi) is 6.36. The van der Waals surface area contributed by atoms with Gasteiger partial charge < -0.3 is 20.7 Å². The average Bonchev–Trinajstić information content (AvgIpc) is 2.43. The molecule has 0 radical (unpaired) electrons. The van der Waals surface area contributed by atoms with Gasteiger partial charge >= 0.3 is 6.03 Å². The molecule has 0 saturated heterocycles. The smallest absolute Gasteiger partial charge is 0.312 e. The number of benzene rings is 1. The Hall–Kier alpha value is -2.24. The first-order chi connectivity index (χ1) is 9.52. The Labute approximate surface area is 118 Å². The van der Waals surface area contributed by atoms with Crippen LogP contribution in [0.2, 0.25) is 0 Å². The van der Waals surface area contributed by atoms with Gasteiger partial charge in [0, 0.05) is 26.6 Å². The molecule has 1 rings (SSSR count). The fourth-order valence-corrected chi connectivity index (χ4v) is 1.77. The fourth-order valence-electron chi connectivity index (χ4n) is 1.77. The monoisotopic (exact) mass is 279 g/mol. The molecule has 110 valence electrons. The predicted octanol–water partition coefficient (Wildman–Crippen LogP) is 1.10. The zero-order chi connectivity index (χ0) is 15.0. The van der Waals surface area contributed by atoms with E-state index in [4.69, 9.17) is 10.5 Å². The number of amides is 3. The van der Waals surface area contributed by atoms with Crippen LogP contribution in [0, 0.1) is 0 Å². The van der Waals surface area contributed by atoms with Crippen LogP contribution in [0.1, 0.15) is 18.4 Å². The number of carbonyl (C=O) groups excluding carboxylic acids is 2. The highest BCUT2D eigenvalue weighted by atomic mass is 16.5. The molecule has 0 aliphatic rings. The van der Waals surface area contributed by atoms with Crippen molar-refractivity contribution in [2.75, 3.05) is 20.7 Å². The minimum absolute atomic E-state index is 0.0269. The van der Waals surface area contributed by atoms with Crippen LogP contribution in [0.3, 0.4) is 0 Å². The van der Waals surface area contributed by atoms with Crippen LogP contribution in [0.15, 0.2) is 24.3 Å². The van der Waals surface area contributed by atoms with Crippen molar-refractivity contribution in [1.29, 1.82) is 0 Å². The van der Waals surface area contributed by atoms with E-state index in [1.165, 1.54) is 0 Å². The molecule has 6 nitrogen and oxygen atoms in total. The van der Waals surface area contributed by atoms with Gasteiger partial charge in [-0.2, -0.15) is 0 Å². The van der Waals surface area contributed by atoms with E-state index in [9.17, 15) is 9.59 Å². The molecule has 0 spiro atoms. The van der Waals surface area contributed by atoms with Crippen LogP contribution in [0.5, 0.6) is 5.75 Å². The predicted molar refractivity (Wildman–Crippen MR) is 76.3 cm³/mol. The van der Waals surface area contributed by atoms with Crippen molar-refractivity contribution in [3.05, 3.63) is 29.8 Å². The Morgan fingerprint density at radius 2 is 2.15 bits per heavy atom. The number of primary amides is 1. The number of rotatable bonds is 7. The fraction of sp³-hybridized carbons (Fsp3) is 0.429. The molecule has 1 aromatic carbocycles. The average molecular weight is 279 g/mol. The summed E-state index contributed by atoms with van der Waals surface area (Å²) < 4.78 is 5.14. The summed E-state index contributed by atoms with van der Waals surface area (Å²) in [7, 11) is 3.36. The van der Waals surface area contributed by atoms with Crippen molar-refractivity contribution < 1.29 is 14.3 Å². The molecule has 0 bridgehead atoms. The van der Waals surface area contributed by atoms with E-state index in [1.807, 2.05) is 24.3 Å². The highest BCUT2D eigenvalue weighted by Gasteiger charge is 2.09. The summed E-state index contributed by atoms with van der Waals surface area (Å²) in [6, 6.07) is 7.03. The number of urea groups is 1. The molecule has 20 heavy (non-hydrogen) atoms. The number of nitrogens with one attached hydrogen (secondary N) is 1. The second kappa shape index (κ2) is 8.04. The summed E-state index contributed by atoms with van der Waals surface area (Å²) >= 11 is 0. The zero-order valence-electron chi connectivity index (χ0n) is 11.9. The number of carbonyl (C=O) groups is 2. The molecule has 6 heteroatoms. The lowest BCUT2D eigenvalue weighted by atomic mass is 10.2. The van der Waals surface area contributed by atoms with Gasteiger partial charge in [0.05, 0.1) is 7.11 Å². The largest absolute Gasteiger partial charge is 0.497 e. The van der Waals surface area contributed by atoms with Crippen LogP contribution in [-0.2, 0) is 11.3 Å². The number of hydrogen-bond acceptors (Lipinski definition) is 3. The summed E-state index contributed by atoms with van der Waals surface area (Å²) in [5.74, 6) is 0.799. The van der Waals surface area contributed by atoms with E-state index in [-0.39, 0.29) is 5.91 Å². The number of nitrogens with zero attached hydrogens (tertiary/aromatic N) is 1. The highest BCUT2D eigenvalue weighted by Crippen LogP contribution is 2.14. The molecule has 0 aliphatic carbocycles. The number of methoxy groups -OCH3 is 1. The minimum Gasteiger partial charge on any atom is -0.497 e. The van der Waals surface area contributed by atoms with Crippen molar-refractivity contribution in [1.82, 2.24) is 10.2 Å². The normalized spacial score (nSPS) is 9.90. The van der Waals surface area contributed by atoms with Crippen molar-refractivity contribution in [3.63, 3.8) is 0 Å². The van der Waals surface area contributed by atoms with Gasteiger partial charge in [0.15, 0.2) is 0 Å². The molecule has 3 N–H and O–H groups in total. The van der Waals surface area contributed by atoms with E-state index in [1.54, 1.807) is 19.1 Å². The summed E-state index contributed by atoms with van der Waals surface area (Å²) in [6.45, 7) is 0.938. The molecule has 0 unspecified atom stereocenters. The van der Waals surface area contributed by atoms with Gasteiger partial charge in [-0.05, 0) is 24.1 Å². The van der Waals surface area contributed by atoms with Crippen molar-refractivity contribution in [2.45, 2.75) is 19.4 Å². The van der Waals surface area contributed by atoms with Gasteiger partial charge in [-0.15, -0.1) is 0 Å². The third-order valence-electron chi connectivity index (χ3n) is 2.85. The van der Waals surface area contributed by atoms with Crippen LogP contribution < -0.4 is 15.8 Å². The van der Waals surface area contributed by atoms with E-state index in [0.29, 0.717) is 25.9 Å².